The van der Waals surface area contributed by atoms with Gasteiger partial charge in [-0.3, -0.25) is 9.10 Å². The van der Waals surface area contributed by atoms with Gasteiger partial charge in [0, 0.05) is 24.2 Å². The van der Waals surface area contributed by atoms with Gasteiger partial charge in [0.25, 0.3) is 5.91 Å². The van der Waals surface area contributed by atoms with Gasteiger partial charge in [-0.05, 0) is 42.3 Å². The molecule has 0 aliphatic rings. The van der Waals surface area contributed by atoms with Gasteiger partial charge in [0.15, 0.2) is 0 Å². The molecule has 0 atom stereocenters. The average Bonchev–Trinajstić information content (AvgIpc) is 2.52. The van der Waals surface area contributed by atoms with Gasteiger partial charge >= 0.3 is 0 Å². The van der Waals surface area contributed by atoms with Gasteiger partial charge < -0.3 is 5.32 Å². The number of rotatable bonds is 5. The summed E-state index contributed by atoms with van der Waals surface area (Å²) < 4.78 is 24.4. The highest BCUT2D eigenvalue weighted by Crippen LogP contribution is 2.22. The summed E-state index contributed by atoms with van der Waals surface area (Å²) in [6.45, 7) is 2.09. The van der Waals surface area contributed by atoms with E-state index in [1.807, 2.05) is 18.2 Å². The number of hydrogen-bond acceptors (Lipinski definition) is 3. The number of sulfonamides is 1. The third-order valence-corrected chi connectivity index (χ3v) is 5.25. The lowest BCUT2D eigenvalue weighted by Gasteiger charge is -2.19. The molecule has 0 heterocycles. The normalized spacial score (nSPS) is 11.2. The summed E-state index contributed by atoms with van der Waals surface area (Å²) in [6, 6.07) is 12.2. The molecule has 24 heavy (non-hydrogen) atoms. The Labute approximate surface area is 147 Å². The maximum Gasteiger partial charge on any atom is 0.251 e. The minimum Gasteiger partial charge on any atom is -0.348 e. The molecule has 0 spiro atoms. The summed E-state index contributed by atoms with van der Waals surface area (Å²) in [7, 11) is -1.86. The van der Waals surface area contributed by atoms with Crippen molar-refractivity contribution in [1.82, 2.24) is 5.32 Å². The average molecular weight is 367 g/mol. The monoisotopic (exact) mass is 366 g/mol. The lowest BCUT2D eigenvalue weighted by molar-refractivity contribution is 0.0951. The summed E-state index contributed by atoms with van der Waals surface area (Å²) >= 11 is 6.06. The van der Waals surface area contributed by atoms with E-state index in [1.54, 1.807) is 31.2 Å². The molecular weight excluding hydrogens is 348 g/mol. The summed E-state index contributed by atoms with van der Waals surface area (Å²) in [5.41, 5.74) is 2.54. The quantitative estimate of drug-likeness (QED) is 0.884. The Bertz CT molecular complexity index is 866. The van der Waals surface area contributed by atoms with E-state index in [-0.39, 0.29) is 5.91 Å². The van der Waals surface area contributed by atoms with Gasteiger partial charge in [-0.1, -0.05) is 29.8 Å². The third-order valence-electron chi connectivity index (χ3n) is 3.69. The number of carbonyl (C=O) groups is 1. The van der Waals surface area contributed by atoms with Crippen LogP contribution in [0.25, 0.3) is 0 Å². The fourth-order valence-corrected chi connectivity index (χ4v) is 3.01. The number of anilines is 1. The maximum absolute atomic E-state index is 12.3. The number of nitrogens with zero attached hydrogens (tertiary/aromatic N) is 1. The number of carbonyl (C=O) groups excluding carboxylic acids is 1. The number of hydrogen-bond donors (Lipinski definition) is 1. The zero-order valence-corrected chi connectivity index (χ0v) is 15.3. The van der Waals surface area contributed by atoms with E-state index < -0.39 is 10.0 Å². The molecule has 0 saturated carbocycles. The molecule has 2 aromatic rings. The van der Waals surface area contributed by atoms with Crippen LogP contribution in [0, 0.1) is 6.92 Å². The van der Waals surface area contributed by atoms with Gasteiger partial charge in [-0.15, -0.1) is 0 Å². The Morgan fingerprint density at radius 3 is 2.46 bits per heavy atom. The van der Waals surface area contributed by atoms with Crippen molar-refractivity contribution in [2.45, 2.75) is 13.5 Å². The first kappa shape index (κ1) is 18.3. The largest absolute Gasteiger partial charge is 0.348 e. The predicted molar refractivity (Wildman–Crippen MR) is 97.0 cm³/mol. The molecule has 0 unspecified atom stereocenters. The van der Waals surface area contributed by atoms with Crippen LogP contribution in [-0.4, -0.2) is 27.6 Å². The summed E-state index contributed by atoms with van der Waals surface area (Å²) in [5.74, 6) is -0.244. The van der Waals surface area contributed by atoms with Crippen molar-refractivity contribution in [3.63, 3.8) is 0 Å². The number of benzene rings is 2. The second kappa shape index (κ2) is 7.23. The molecule has 0 aliphatic carbocycles. The molecule has 5 nitrogen and oxygen atoms in total. The molecule has 2 rings (SSSR count). The minimum atomic E-state index is -3.34. The van der Waals surface area contributed by atoms with Crippen molar-refractivity contribution in [2.24, 2.45) is 0 Å². The number of halogens is 1. The number of amides is 1. The van der Waals surface area contributed by atoms with Crippen molar-refractivity contribution < 1.29 is 13.2 Å². The number of nitrogens with one attached hydrogen (secondary N) is 1. The highest BCUT2D eigenvalue weighted by molar-refractivity contribution is 7.92. The molecule has 0 fully saturated rings. The fourth-order valence-electron chi connectivity index (χ4n) is 2.25. The Balaban J connectivity index is 2.14. The molecule has 0 bridgehead atoms. The Morgan fingerprint density at radius 1 is 1.21 bits per heavy atom. The summed E-state index contributed by atoms with van der Waals surface area (Å²) in [5, 5.41) is 3.40. The van der Waals surface area contributed by atoms with Crippen LogP contribution in [0.2, 0.25) is 5.02 Å². The van der Waals surface area contributed by atoms with E-state index in [9.17, 15) is 13.2 Å². The SMILES string of the molecule is Cc1cc(C(=O)NCc2ccccc2Cl)ccc1N(C)S(C)(=O)=O. The van der Waals surface area contributed by atoms with E-state index >= 15 is 0 Å². The molecule has 0 aliphatic heterocycles. The Kier molecular flexibility index (Phi) is 5.51. The minimum absolute atomic E-state index is 0.244. The first-order chi connectivity index (χ1) is 11.2. The highest BCUT2D eigenvalue weighted by atomic mass is 35.5. The summed E-state index contributed by atoms with van der Waals surface area (Å²) in [6.07, 6.45) is 1.14. The second-order valence-electron chi connectivity index (χ2n) is 5.51. The fraction of sp³-hybridized carbons (Fsp3) is 0.235. The lowest BCUT2D eigenvalue weighted by Crippen LogP contribution is -2.26. The molecule has 0 aromatic heterocycles. The molecule has 1 N–H and O–H groups in total. The molecule has 0 radical (unpaired) electrons. The van der Waals surface area contributed by atoms with Crippen LogP contribution in [0.4, 0.5) is 5.69 Å². The van der Waals surface area contributed by atoms with Crippen LogP contribution < -0.4 is 9.62 Å². The van der Waals surface area contributed by atoms with Crippen LogP contribution in [0.15, 0.2) is 42.5 Å². The zero-order chi connectivity index (χ0) is 17.9. The van der Waals surface area contributed by atoms with Crippen molar-refractivity contribution in [3.05, 3.63) is 64.2 Å². The zero-order valence-electron chi connectivity index (χ0n) is 13.7. The van der Waals surface area contributed by atoms with Crippen LogP contribution >= 0.6 is 11.6 Å². The Morgan fingerprint density at radius 2 is 1.88 bits per heavy atom. The van der Waals surface area contributed by atoms with Crippen molar-refractivity contribution >= 4 is 33.2 Å². The van der Waals surface area contributed by atoms with Gasteiger partial charge in [-0.25, -0.2) is 8.42 Å². The molecule has 1 amide bonds. The summed E-state index contributed by atoms with van der Waals surface area (Å²) in [4.78, 5) is 12.3. The third kappa shape index (κ3) is 4.27. The first-order valence-corrected chi connectivity index (χ1v) is 9.49. The molecule has 2 aromatic carbocycles. The van der Waals surface area contributed by atoms with Gasteiger partial charge in [-0.2, -0.15) is 0 Å². The van der Waals surface area contributed by atoms with E-state index in [0.717, 1.165) is 11.8 Å². The predicted octanol–water partition coefficient (Wildman–Crippen LogP) is 2.97. The highest BCUT2D eigenvalue weighted by Gasteiger charge is 2.16. The van der Waals surface area contributed by atoms with Crippen LogP contribution in [-0.2, 0) is 16.6 Å². The van der Waals surface area contributed by atoms with E-state index in [2.05, 4.69) is 5.32 Å². The van der Waals surface area contributed by atoms with E-state index in [1.165, 1.54) is 11.4 Å². The smallest absolute Gasteiger partial charge is 0.251 e. The Hall–Kier alpha value is -2.05. The topological polar surface area (TPSA) is 66.5 Å². The van der Waals surface area contributed by atoms with Gasteiger partial charge in [0.1, 0.15) is 0 Å². The van der Waals surface area contributed by atoms with E-state index in [4.69, 9.17) is 11.6 Å². The van der Waals surface area contributed by atoms with Crippen LogP contribution in [0.1, 0.15) is 21.5 Å². The van der Waals surface area contributed by atoms with Gasteiger partial charge in [0.2, 0.25) is 10.0 Å². The molecule has 7 heteroatoms. The standard InChI is InChI=1S/C17H19ClN2O3S/c1-12-10-13(8-9-16(12)20(2)24(3,22)23)17(21)19-11-14-6-4-5-7-15(14)18/h4-10H,11H2,1-3H3,(H,19,21). The molecule has 0 saturated heterocycles. The van der Waals surface area contributed by atoms with Crippen molar-refractivity contribution in [1.29, 1.82) is 0 Å². The molecule has 128 valence electrons. The first-order valence-electron chi connectivity index (χ1n) is 7.26. The van der Waals surface area contributed by atoms with Crippen LogP contribution in [0.3, 0.4) is 0 Å². The molecular formula is C17H19ClN2O3S. The van der Waals surface area contributed by atoms with Crippen LogP contribution in [0.5, 0.6) is 0 Å². The lowest BCUT2D eigenvalue weighted by atomic mass is 10.1. The maximum atomic E-state index is 12.3. The van der Waals surface area contributed by atoms with E-state index in [0.29, 0.717) is 28.4 Å². The second-order valence-corrected chi connectivity index (χ2v) is 7.93. The van der Waals surface area contributed by atoms with Gasteiger partial charge in [0.05, 0.1) is 11.9 Å². The van der Waals surface area contributed by atoms with Crippen molar-refractivity contribution in [2.75, 3.05) is 17.6 Å². The van der Waals surface area contributed by atoms with Crippen molar-refractivity contribution in [3.8, 4) is 0 Å². The number of aryl methyl sites for hydroxylation is 1.